The third-order valence-corrected chi connectivity index (χ3v) is 4.78. The molecular formula is C23H23N3O3. The van der Waals surface area contributed by atoms with Crippen LogP contribution in [0.3, 0.4) is 0 Å². The normalized spacial score (nSPS) is 12.5. The molecule has 0 aliphatic rings. The number of aliphatic hydroxyl groups is 1. The number of nitrogens with one attached hydrogen (secondary N) is 1. The number of H-pyrrole nitrogens is 1. The largest absolute Gasteiger partial charge is 0.490 e. The Kier molecular flexibility index (Phi) is 5.55. The molecule has 29 heavy (non-hydrogen) atoms. The molecule has 0 saturated heterocycles. The first-order chi connectivity index (χ1) is 14.1. The van der Waals surface area contributed by atoms with Crippen molar-refractivity contribution in [2.24, 2.45) is 0 Å². The van der Waals surface area contributed by atoms with Crippen LogP contribution in [0, 0.1) is 0 Å². The molecule has 1 atom stereocenters. The van der Waals surface area contributed by atoms with Crippen molar-refractivity contribution < 1.29 is 9.84 Å². The summed E-state index contributed by atoms with van der Waals surface area (Å²) < 4.78 is 5.86. The van der Waals surface area contributed by atoms with Crippen molar-refractivity contribution in [2.75, 3.05) is 20.2 Å². The van der Waals surface area contributed by atoms with Crippen LogP contribution < -0.4 is 10.3 Å². The molecule has 1 heterocycles. The number of nitrogens with zero attached hydrogens (tertiary/aromatic N) is 2. The van der Waals surface area contributed by atoms with E-state index < -0.39 is 6.10 Å². The van der Waals surface area contributed by atoms with Crippen LogP contribution >= 0.6 is 0 Å². The van der Waals surface area contributed by atoms with Crippen LogP contribution in [0.2, 0.25) is 0 Å². The van der Waals surface area contributed by atoms with Gasteiger partial charge in [-0.15, -0.1) is 0 Å². The van der Waals surface area contributed by atoms with Gasteiger partial charge in [-0.05, 0) is 30.6 Å². The Labute approximate surface area is 168 Å². The second kappa shape index (κ2) is 8.43. The quantitative estimate of drug-likeness (QED) is 0.508. The Balaban J connectivity index is 1.37. The molecule has 148 valence electrons. The highest BCUT2D eigenvalue weighted by molar-refractivity contribution is 5.88. The van der Waals surface area contributed by atoms with E-state index in [1.165, 1.54) is 0 Å². The lowest BCUT2D eigenvalue weighted by molar-refractivity contribution is 0.0743. The monoisotopic (exact) mass is 389 g/mol. The number of ether oxygens (including phenoxy) is 1. The third kappa shape index (κ3) is 4.45. The van der Waals surface area contributed by atoms with Crippen molar-refractivity contribution in [1.82, 2.24) is 14.9 Å². The molecule has 0 bridgehead atoms. The molecule has 6 heteroatoms. The molecule has 6 nitrogen and oxygen atoms in total. The van der Waals surface area contributed by atoms with Crippen molar-refractivity contribution in [3.05, 3.63) is 82.9 Å². The molecule has 2 N–H and O–H groups in total. The molecule has 1 aromatic heterocycles. The van der Waals surface area contributed by atoms with Gasteiger partial charge in [0.15, 0.2) is 0 Å². The van der Waals surface area contributed by atoms with Crippen LogP contribution in [0.1, 0.15) is 5.82 Å². The lowest BCUT2D eigenvalue weighted by Gasteiger charge is -2.20. The zero-order valence-corrected chi connectivity index (χ0v) is 16.2. The van der Waals surface area contributed by atoms with Crippen molar-refractivity contribution >= 4 is 21.7 Å². The Morgan fingerprint density at radius 1 is 1.03 bits per heavy atom. The Hall–Kier alpha value is -3.22. The molecule has 4 aromatic rings. The highest BCUT2D eigenvalue weighted by Crippen LogP contribution is 2.25. The van der Waals surface area contributed by atoms with E-state index in [1.54, 1.807) is 6.07 Å². The molecule has 0 fully saturated rings. The van der Waals surface area contributed by atoms with Crippen LogP contribution in [0.4, 0.5) is 0 Å². The fourth-order valence-corrected chi connectivity index (χ4v) is 3.45. The Morgan fingerprint density at radius 3 is 2.62 bits per heavy atom. The maximum absolute atomic E-state index is 12.2. The average Bonchev–Trinajstić information content (AvgIpc) is 2.72. The second-order valence-electron chi connectivity index (χ2n) is 7.17. The van der Waals surface area contributed by atoms with Gasteiger partial charge in [-0.2, -0.15) is 0 Å². The molecule has 0 amide bonds. The molecule has 4 rings (SSSR count). The first-order valence-corrected chi connectivity index (χ1v) is 9.55. The van der Waals surface area contributed by atoms with E-state index >= 15 is 0 Å². The fourth-order valence-electron chi connectivity index (χ4n) is 3.45. The van der Waals surface area contributed by atoms with Crippen molar-refractivity contribution in [2.45, 2.75) is 12.6 Å². The number of rotatable bonds is 7. The number of aromatic amines is 1. The van der Waals surface area contributed by atoms with Gasteiger partial charge >= 0.3 is 0 Å². The molecule has 0 spiro atoms. The molecule has 0 aliphatic heterocycles. The predicted octanol–water partition coefficient (Wildman–Crippen LogP) is 2.95. The van der Waals surface area contributed by atoms with Gasteiger partial charge in [-0.25, -0.2) is 4.98 Å². The Morgan fingerprint density at radius 2 is 1.76 bits per heavy atom. The number of hydrogen-bond donors (Lipinski definition) is 2. The summed E-state index contributed by atoms with van der Waals surface area (Å²) in [6.45, 7) is 0.993. The zero-order valence-electron chi connectivity index (χ0n) is 16.2. The standard InChI is InChI=1S/C23H23N3O3/c1-26(14-22-24-20-11-5-4-10-19(20)23(28)25-22)13-17(27)15-29-21-12-6-8-16-7-2-3-9-18(16)21/h2-12,17,27H,13-15H2,1H3,(H,24,25,28)/t17-/m0/s1. The number of fused-ring (bicyclic) bond motifs is 2. The summed E-state index contributed by atoms with van der Waals surface area (Å²) in [6.07, 6.45) is -0.675. The van der Waals surface area contributed by atoms with E-state index in [4.69, 9.17) is 4.74 Å². The lowest BCUT2D eigenvalue weighted by Crippen LogP contribution is -2.33. The fraction of sp³-hybridized carbons (Fsp3) is 0.217. The number of para-hydroxylation sites is 1. The summed E-state index contributed by atoms with van der Waals surface area (Å²) in [7, 11) is 1.87. The van der Waals surface area contributed by atoms with Gasteiger partial charge in [0.25, 0.3) is 5.56 Å². The van der Waals surface area contributed by atoms with E-state index in [-0.39, 0.29) is 12.2 Å². The minimum atomic E-state index is -0.675. The Bertz CT molecular complexity index is 1180. The van der Waals surface area contributed by atoms with Crippen LogP contribution in [-0.4, -0.2) is 46.3 Å². The van der Waals surface area contributed by atoms with E-state index in [1.807, 2.05) is 72.6 Å². The maximum atomic E-state index is 12.2. The molecule has 0 aliphatic carbocycles. The van der Waals surface area contributed by atoms with Crippen LogP contribution in [0.15, 0.2) is 71.5 Å². The van der Waals surface area contributed by atoms with Gasteiger partial charge < -0.3 is 14.8 Å². The van der Waals surface area contributed by atoms with E-state index in [9.17, 15) is 9.90 Å². The van der Waals surface area contributed by atoms with E-state index in [0.29, 0.717) is 29.8 Å². The number of aliphatic hydroxyl groups excluding tert-OH is 1. The number of hydrogen-bond acceptors (Lipinski definition) is 5. The number of likely N-dealkylation sites (N-methyl/N-ethyl adjacent to an activating group) is 1. The van der Waals surface area contributed by atoms with Crippen LogP contribution in [0.5, 0.6) is 5.75 Å². The number of benzene rings is 3. The van der Waals surface area contributed by atoms with Gasteiger partial charge in [0.2, 0.25) is 0 Å². The van der Waals surface area contributed by atoms with Crippen molar-refractivity contribution in [3.8, 4) is 5.75 Å². The average molecular weight is 389 g/mol. The van der Waals surface area contributed by atoms with E-state index in [2.05, 4.69) is 9.97 Å². The van der Waals surface area contributed by atoms with Crippen LogP contribution in [-0.2, 0) is 6.54 Å². The van der Waals surface area contributed by atoms with Gasteiger partial charge in [0, 0.05) is 11.9 Å². The maximum Gasteiger partial charge on any atom is 0.258 e. The smallest absolute Gasteiger partial charge is 0.258 e. The summed E-state index contributed by atoms with van der Waals surface area (Å²) in [5.41, 5.74) is 0.512. The summed E-state index contributed by atoms with van der Waals surface area (Å²) >= 11 is 0. The number of aromatic nitrogens is 2. The van der Waals surface area contributed by atoms with Crippen molar-refractivity contribution in [1.29, 1.82) is 0 Å². The van der Waals surface area contributed by atoms with Gasteiger partial charge in [0.05, 0.1) is 17.4 Å². The molecule has 0 unspecified atom stereocenters. The zero-order chi connectivity index (χ0) is 20.2. The second-order valence-corrected chi connectivity index (χ2v) is 7.17. The topological polar surface area (TPSA) is 78.5 Å². The predicted molar refractivity (Wildman–Crippen MR) is 114 cm³/mol. The van der Waals surface area contributed by atoms with Crippen LogP contribution in [0.25, 0.3) is 21.7 Å². The summed E-state index contributed by atoms with van der Waals surface area (Å²) in [4.78, 5) is 21.4. The first-order valence-electron chi connectivity index (χ1n) is 9.55. The molecular weight excluding hydrogens is 366 g/mol. The highest BCUT2D eigenvalue weighted by Gasteiger charge is 2.12. The molecule has 3 aromatic carbocycles. The minimum absolute atomic E-state index is 0.154. The molecule has 0 radical (unpaired) electrons. The van der Waals surface area contributed by atoms with Gasteiger partial charge in [0.1, 0.15) is 24.3 Å². The third-order valence-electron chi connectivity index (χ3n) is 4.78. The SMILES string of the molecule is CN(Cc1nc2ccccc2c(=O)[nH]1)C[C@H](O)COc1cccc2ccccc12. The van der Waals surface area contributed by atoms with Gasteiger partial charge in [-0.3, -0.25) is 9.69 Å². The lowest BCUT2D eigenvalue weighted by atomic mass is 10.1. The first kappa shape index (κ1) is 19.1. The van der Waals surface area contributed by atoms with Crippen molar-refractivity contribution in [3.63, 3.8) is 0 Å². The highest BCUT2D eigenvalue weighted by atomic mass is 16.5. The minimum Gasteiger partial charge on any atom is -0.490 e. The summed E-state index contributed by atoms with van der Waals surface area (Å²) in [5, 5.41) is 13.1. The summed E-state index contributed by atoms with van der Waals surface area (Å²) in [6, 6.07) is 21.1. The van der Waals surface area contributed by atoms with Gasteiger partial charge in [-0.1, -0.05) is 48.5 Å². The van der Waals surface area contributed by atoms with E-state index in [0.717, 1.165) is 16.5 Å². The summed E-state index contributed by atoms with van der Waals surface area (Å²) in [5.74, 6) is 1.32. The molecule has 0 saturated carbocycles.